The zero-order valence-corrected chi connectivity index (χ0v) is 12.8. The number of nitrogens with zero attached hydrogens (tertiary/aromatic N) is 1. The van der Waals surface area contributed by atoms with Crippen molar-refractivity contribution in [3.05, 3.63) is 23.5 Å². The summed E-state index contributed by atoms with van der Waals surface area (Å²) in [6.45, 7) is 9.13. The van der Waals surface area contributed by atoms with Crippen molar-refractivity contribution in [3.63, 3.8) is 0 Å². The number of aryl methyl sites for hydroxylation is 1. The Morgan fingerprint density at radius 2 is 2.15 bits per heavy atom. The maximum atomic E-state index is 5.85. The van der Waals surface area contributed by atoms with E-state index in [1.807, 2.05) is 19.2 Å². The summed E-state index contributed by atoms with van der Waals surface area (Å²) in [6, 6.07) is 2.70. The topological polar surface area (TPSA) is 43.4 Å². The molecule has 0 spiro atoms. The summed E-state index contributed by atoms with van der Waals surface area (Å²) >= 11 is 0. The van der Waals surface area contributed by atoms with E-state index in [9.17, 15) is 0 Å². The molecule has 0 radical (unpaired) electrons. The van der Waals surface area contributed by atoms with Crippen molar-refractivity contribution < 1.29 is 9.47 Å². The standard InChI is InChI=1S/C16H26N2O2/c1-12(2)11-19-6-7-20-16-8-13(3)17-9-14(16)10-18-15-4-5-15/h8-9,12,15,18H,4-7,10-11H2,1-3H3. The Hall–Kier alpha value is -1.13. The second-order valence-corrected chi connectivity index (χ2v) is 5.91. The fourth-order valence-corrected chi connectivity index (χ4v) is 1.90. The van der Waals surface area contributed by atoms with Gasteiger partial charge in [0.05, 0.1) is 6.61 Å². The lowest BCUT2D eigenvalue weighted by Crippen LogP contribution is -2.17. The minimum absolute atomic E-state index is 0.566. The molecule has 4 nitrogen and oxygen atoms in total. The quantitative estimate of drug-likeness (QED) is 0.705. The van der Waals surface area contributed by atoms with Crippen LogP contribution < -0.4 is 10.1 Å². The van der Waals surface area contributed by atoms with E-state index in [1.165, 1.54) is 12.8 Å². The third-order valence-corrected chi connectivity index (χ3v) is 3.18. The molecule has 0 bridgehead atoms. The van der Waals surface area contributed by atoms with Crippen LogP contribution in [0.3, 0.4) is 0 Å². The Kier molecular flexibility index (Phi) is 5.80. The first-order valence-electron chi connectivity index (χ1n) is 7.54. The summed E-state index contributed by atoms with van der Waals surface area (Å²) in [5, 5.41) is 3.50. The lowest BCUT2D eigenvalue weighted by Gasteiger charge is -2.13. The number of rotatable bonds is 9. The van der Waals surface area contributed by atoms with Gasteiger partial charge in [0.2, 0.25) is 0 Å². The largest absolute Gasteiger partial charge is 0.491 e. The average molecular weight is 278 g/mol. The number of aromatic nitrogens is 1. The molecule has 1 aromatic heterocycles. The number of ether oxygens (including phenoxy) is 2. The first-order chi connectivity index (χ1) is 9.65. The SMILES string of the molecule is Cc1cc(OCCOCC(C)C)c(CNC2CC2)cn1. The van der Waals surface area contributed by atoms with Gasteiger partial charge in [0.25, 0.3) is 0 Å². The van der Waals surface area contributed by atoms with Crippen LogP contribution in [0.5, 0.6) is 5.75 Å². The van der Waals surface area contributed by atoms with Gasteiger partial charge in [-0.3, -0.25) is 4.98 Å². The Labute approximate surface area is 121 Å². The second kappa shape index (κ2) is 7.60. The molecule has 112 valence electrons. The van der Waals surface area contributed by atoms with Crippen molar-refractivity contribution in [2.24, 2.45) is 5.92 Å². The van der Waals surface area contributed by atoms with Crippen molar-refractivity contribution >= 4 is 0 Å². The number of nitrogens with one attached hydrogen (secondary N) is 1. The molecule has 1 N–H and O–H groups in total. The van der Waals surface area contributed by atoms with Crippen LogP contribution >= 0.6 is 0 Å². The molecule has 1 aliphatic carbocycles. The molecule has 0 unspecified atom stereocenters. The Morgan fingerprint density at radius 1 is 1.35 bits per heavy atom. The number of pyridine rings is 1. The molecule has 1 saturated carbocycles. The molecule has 4 heteroatoms. The second-order valence-electron chi connectivity index (χ2n) is 5.91. The summed E-state index contributed by atoms with van der Waals surface area (Å²) in [6.07, 6.45) is 4.49. The molecule has 0 aromatic carbocycles. The first kappa shape index (κ1) is 15.3. The molecule has 20 heavy (non-hydrogen) atoms. The summed E-state index contributed by atoms with van der Waals surface area (Å²) in [4.78, 5) is 4.35. The van der Waals surface area contributed by atoms with Crippen molar-refractivity contribution in [1.29, 1.82) is 0 Å². The van der Waals surface area contributed by atoms with Crippen LogP contribution in [-0.4, -0.2) is 30.8 Å². The summed E-state index contributed by atoms with van der Waals surface area (Å²) < 4.78 is 11.4. The van der Waals surface area contributed by atoms with Crippen molar-refractivity contribution in [2.75, 3.05) is 19.8 Å². The monoisotopic (exact) mass is 278 g/mol. The van der Waals surface area contributed by atoms with Crippen LogP contribution in [0.25, 0.3) is 0 Å². The lowest BCUT2D eigenvalue weighted by atomic mass is 10.2. The fraction of sp³-hybridized carbons (Fsp3) is 0.688. The normalized spacial score (nSPS) is 14.8. The van der Waals surface area contributed by atoms with Gasteiger partial charge in [-0.05, 0) is 25.7 Å². The van der Waals surface area contributed by atoms with Gasteiger partial charge < -0.3 is 14.8 Å². The van der Waals surface area contributed by atoms with E-state index >= 15 is 0 Å². The van der Waals surface area contributed by atoms with Gasteiger partial charge in [0, 0.05) is 42.7 Å². The molecule has 2 rings (SSSR count). The summed E-state index contributed by atoms with van der Waals surface area (Å²) in [7, 11) is 0. The van der Waals surface area contributed by atoms with E-state index in [2.05, 4.69) is 24.1 Å². The Bertz CT molecular complexity index is 417. The first-order valence-corrected chi connectivity index (χ1v) is 7.54. The van der Waals surface area contributed by atoms with Gasteiger partial charge in [-0.25, -0.2) is 0 Å². The van der Waals surface area contributed by atoms with Crippen molar-refractivity contribution in [1.82, 2.24) is 10.3 Å². The Morgan fingerprint density at radius 3 is 2.85 bits per heavy atom. The molecule has 1 fully saturated rings. The fourth-order valence-electron chi connectivity index (χ4n) is 1.90. The highest BCUT2D eigenvalue weighted by molar-refractivity contribution is 5.32. The maximum absolute atomic E-state index is 5.85. The van der Waals surface area contributed by atoms with Crippen LogP contribution in [0.15, 0.2) is 12.3 Å². The molecule has 1 aliphatic rings. The summed E-state index contributed by atoms with van der Waals surface area (Å²) in [5.74, 6) is 1.50. The third kappa shape index (κ3) is 5.47. The highest BCUT2D eigenvalue weighted by Crippen LogP contribution is 2.22. The van der Waals surface area contributed by atoms with Gasteiger partial charge in [-0.1, -0.05) is 13.8 Å². The van der Waals surface area contributed by atoms with Gasteiger partial charge >= 0.3 is 0 Å². The average Bonchev–Trinajstić information content (AvgIpc) is 3.21. The van der Waals surface area contributed by atoms with Crippen molar-refractivity contribution in [3.8, 4) is 5.75 Å². The number of hydrogen-bond donors (Lipinski definition) is 1. The van der Waals surface area contributed by atoms with Crippen LogP contribution in [0, 0.1) is 12.8 Å². The zero-order valence-electron chi connectivity index (χ0n) is 12.8. The molecule has 1 aromatic rings. The highest BCUT2D eigenvalue weighted by Gasteiger charge is 2.20. The predicted octanol–water partition coefficient (Wildman–Crippen LogP) is 2.69. The molecular weight excluding hydrogens is 252 g/mol. The summed E-state index contributed by atoms with van der Waals surface area (Å²) in [5.41, 5.74) is 2.12. The van der Waals surface area contributed by atoms with Crippen LogP contribution in [-0.2, 0) is 11.3 Å². The van der Waals surface area contributed by atoms with E-state index in [1.54, 1.807) is 0 Å². The highest BCUT2D eigenvalue weighted by atomic mass is 16.5. The van der Waals surface area contributed by atoms with Gasteiger partial charge in [0.1, 0.15) is 12.4 Å². The predicted molar refractivity (Wildman–Crippen MR) is 80.0 cm³/mol. The lowest BCUT2D eigenvalue weighted by molar-refractivity contribution is 0.0815. The Balaban J connectivity index is 1.79. The molecular formula is C16H26N2O2. The van der Waals surface area contributed by atoms with Crippen LogP contribution in [0.1, 0.15) is 37.9 Å². The van der Waals surface area contributed by atoms with Gasteiger partial charge in [-0.2, -0.15) is 0 Å². The van der Waals surface area contributed by atoms with E-state index in [0.29, 0.717) is 25.2 Å². The van der Waals surface area contributed by atoms with Crippen LogP contribution in [0.2, 0.25) is 0 Å². The zero-order chi connectivity index (χ0) is 14.4. The molecule has 0 amide bonds. The minimum Gasteiger partial charge on any atom is -0.491 e. The number of hydrogen-bond acceptors (Lipinski definition) is 4. The van der Waals surface area contributed by atoms with Gasteiger partial charge in [0.15, 0.2) is 0 Å². The maximum Gasteiger partial charge on any atom is 0.127 e. The van der Waals surface area contributed by atoms with E-state index in [4.69, 9.17) is 9.47 Å². The van der Waals surface area contributed by atoms with E-state index < -0.39 is 0 Å². The molecule has 0 saturated heterocycles. The van der Waals surface area contributed by atoms with Gasteiger partial charge in [-0.15, -0.1) is 0 Å². The van der Waals surface area contributed by atoms with E-state index in [-0.39, 0.29) is 0 Å². The molecule has 1 heterocycles. The smallest absolute Gasteiger partial charge is 0.127 e. The van der Waals surface area contributed by atoms with Crippen LogP contribution in [0.4, 0.5) is 0 Å². The molecule has 0 atom stereocenters. The third-order valence-electron chi connectivity index (χ3n) is 3.18. The van der Waals surface area contributed by atoms with E-state index in [0.717, 1.165) is 30.2 Å². The molecule has 0 aliphatic heterocycles. The minimum atomic E-state index is 0.566. The van der Waals surface area contributed by atoms with Crippen molar-refractivity contribution in [2.45, 2.75) is 46.2 Å².